The van der Waals surface area contributed by atoms with E-state index in [-0.39, 0.29) is 15.9 Å². The van der Waals surface area contributed by atoms with Crippen LogP contribution >= 0.6 is 0 Å². The molecule has 0 fully saturated rings. The Morgan fingerprint density at radius 2 is 1.96 bits per heavy atom. The van der Waals surface area contributed by atoms with Crippen molar-refractivity contribution in [2.45, 2.75) is 19.1 Å². The van der Waals surface area contributed by atoms with Crippen molar-refractivity contribution in [3.8, 4) is 17.7 Å². The molecule has 1 amide bonds. The second kappa shape index (κ2) is 7.79. The summed E-state index contributed by atoms with van der Waals surface area (Å²) in [5.41, 5.74) is 0.589. The average molecular weight is 376 g/mol. The van der Waals surface area contributed by atoms with Crippen LogP contribution in [0.5, 0.6) is 11.6 Å². The molecule has 1 N–H and O–H groups in total. The van der Waals surface area contributed by atoms with E-state index in [4.69, 9.17) is 15.1 Å². The molecule has 0 aliphatic heterocycles. The summed E-state index contributed by atoms with van der Waals surface area (Å²) in [6, 6.07) is 9.42. The van der Waals surface area contributed by atoms with Gasteiger partial charge in [-0.1, -0.05) is 19.1 Å². The Morgan fingerprint density at radius 3 is 2.50 bits per heavy atom. The zero-order chi connectivity index (χ0) is 19.3. The lowest BCUT2D eigenvalue weighted by Crippen LogP contribution is -2.32. The van der Waals surface area contributed by atoms with Crippen LogP contribution in [0, 0.1) is 11.3 Å². The summed E-state index contributed by atoms with van der Waals surface area (Å²) in [4.78, 5) is 19.0. The quantitative estimate of drug-likeness (QED) is 0.810. The summed E-state index contributed by atoms with van der Waals surface area (Å²) >= 11 is 0. The van der Waals surface area contributed by atoms with E-state index in [1.165, 1.54) is 30.3 Å². The first-order valence-electron chi connectivity index (χ1n) is 7.49. The Kier molecular flexibility index (Phi) is 5.74. The Hall–Kier alpha value is -3.19. The molecule has 136 valence electrons. The number of aryl methyl sites for hydroxylation is 1. The second-order valence-corrected chi connectivity index (χ2v) is 7.23. The summed E-state index contributed by atoms with van der Waals surface area (Å²) in [5.74, 6) is 0.613. The smallest absolute Gasteiger partial charge is 0.420 e. The van der Waals surface area contributed by atoms with Gasteiger partial charge in [-0.2, -0.15) is 10.2 Å². The van der Waals surface area contributed by atoms with Crippen molar-refractivity contribution in [1.82, 2.24) is 14.3 Å². The van der Waals surface area contributed by atoms with Crippen LogP contribution in [0.15, 0.2) is 30.3 Å². The van der Waals surface area contributed by atoms with E-state index in [0.717, 1.165) is 7.05 Å². The molecule has 0 saturated carbocycles. The first-order chi connectivity index (χ1) is 12.2. The number of nitriles is 1. The topological polar surface area (TPSA) is 133 Å². The Labute approximate surface area is 150 Å². The third-order valence-corrected chi connectivity index (χ3v) is 5.05. The molecular weight excluding hydrogens is 360 g/mol. The number of nitrogens with zero attached hydrogens (tertiary/aromatic N) is 4. The van der Waals surface area contributed by atoms with Crippen LogP contribution in [0.1, 0.15) is 24.0 Å². The number of hydrogen-bond acceptors (Lipinski definition) is 7. The summed E-state index contributed by atoms with van der Waals surface area (Å²) in [5, 5.41) is 17.8. The van der Waals surface area contributed by atoms with Crippen LogP contribution in [0.25, 0.3) is 0 Å². The van der Waals surface area contributed by atoms with Gasteiger partial charge in [0.25, 0.3) is 0 Å². The minimum absolute atomic E-state index is 0.186. The zero-order valence-corrected chi connectivity index (χ0v) is 14.9. The number of amides is 1. The molecule has 9 nitrogen and oxygen atoms in total. The summed E-state index contributed by atoms with van der Waals surface area (Å²) in [7, 11) is -2.99. The Morgan fingerprint density at radius 1 is 1.31 bits per heavy atom. The van der Waals surface area contributed by atoms with Gasteiger partial charge in [-0.25, -0.2) is 22.5 Å². The van der Waals surface area contributed by atoms with Crippen LogP contribution in [-0.2, 0) is 22.2 Å². The van der Waals surface area contributed by atoms with Crippen molar-refractivity contribution >= 4 is 16.1 Å². The van der Waals surface area contributed by atoms with Gasteiger partial charge in [0, 0.05) is 19.5 Å². The normalized spacial score (nSPS) is 10.8. The monoisotopic (exact) mass is 376 g/mol. The van der Waals surface area contributed by atoms with Crippen molar-refractivity contribution in [2.24, 2.45) is 0 Å². The lowest BCUT2D eigenvalue weighted by Gasteiger charge is -2.13. The molecule has 0 bridgehead atoms. The maximum Gasteiger partial charge on any atom is 0.420 e. The number of benzene rings is 1. The predicted molar refractivity (Wildman–Crippen MR) is 91.1 cm³/mol. The van der Waals surface area contributed by atoms with Crippen LogP contribution in [0.3, 0.4) is 0 Å². The Balaban J connectivity index is 2.16. The molecule has 0 saturated heterocycles. The molecule has 0 unspecified atom stereocenters. The first kappa shape index (κ1) is 19.1. The number of carbonyl (C=O) groups is 1. The van der Waals surface area contributed by atoms with E-state index < -0.39 is 21.9 Å². The molecule has 1 aromatic heterocycles. The van der Waals surface area contributed by atoms with E-state index in [1.807, 2.05) is 13.0 Å². The number of ether oxygens (including phenoxy) is 1. The van der Waals surface area contributed by atoms with Crippen molar-refractivity contribution in [2.75, 3.05) is 7.05 Å². The first-order valence-corrected chi connectivity index (χ1v) is 9.10. The Bertz CT molecular complexity index is 952. The average Bonchev–Trinajstić information content (AvgIpc) is 2.61. The van der Waals surface area contributed by atoms with Crippen LogP contribution in [0.2, 0.25) is 0 Å². The van der Waals surface area contributed by atoms with Gasteiger partial charge in [0.15, 0.2) is 0 Å². The van der Waals surface area contributed by atoms with Gasteiger partial charge in [0.05, 0.1) is 5.75 Å². The molecule has 2 aromatic rings. The minimum Gasteiger partial charge on any atom is -0.464 e. The fourth-order valence-electron chi connectivity index (χ4n) is 1.94. The number of rotatable bonds is 6. The lowest BCUT2D eigenvalue weighted by molar-refractivity contribution is 0.178. The maximum absolute atomic E-state index is 11.9. The number of hydrogen-bond donors (Lipinski definition) is 1. The molecule has 0 atom stereocenters. The van der Waals surface area contributed by atoms with Crippen molar-refractivity contribution in [1.29, 1.82) is 5.26 Å². The van der Waals surface area contributed by atoms with E-state index in [2.05, 4.69) is 9.97 Å². The van der Waals surface area contributed by atoms with Gasteiger partial charge < -0.3 is 9.84 Å². The lowest BCUT2D eigenvalue weighted by atomic mass is 10.2. The second-order valence-electron chi connectivity index (χ2n) is 5.23. The zero-order valence-electron chi connectivity index (χ0n) is 14.1. The molecule has 0 aliphatic carbocycles. The fraction of sp³-hybridized carbons (Fsp3) is 0.250. The molecule has 1 aromatic carbocycles. The molecule has 2 rings (SSSR count). The van der Waals surface area contributed by atoms with Gasteiger partial charge in [-0.15, -0.1) is 0 Å². The highest BCUT2D eigenvalue weighted by molar-refractivity contribution is 7.88. The standard InChI is InChI=1S/C16H16N4O5S/c1-3-14-18-12(9-17)8-15(19-14)25-13-6-4-11(5-7-13)10-26(23,24)20(2)16(21)22/h4-8H,3,10H2,1-2H3,(H,21,22). The maximum atomic E-state index is 11.9. The number of aromatic nitrogens is 2. The van der Waals surface area contributed by atoms with Gasteiger partial charge in [0.2, 0.25) is 15.9 Å². The van der Waals surface area contributed by atoms with Gasteiger partial charge in [-0.3, -0.25) is 0 Å². The van der Waals surface area contributed by atoms with Crippen LogP contribution in [-0.4, -0.2) is 40.9 Å². The van der Waals surface area contributed by atoms with Crippen LogP contribution < -0.4 is 4.74 Å². The van der Waals surface area contributed by atoms with E-state index in [0.29, 0.717) is 23.6 Å². The van der Waals surface area contributed by atoms with Crippen LogP contribution in [0.4, 0.5) is 4.79 Å². The van der Waals surface area contributed by atoms with E-state index in [9.17, 15) is 13.2 Å². The SMILES string of the molecule is CCc1nc(C#N)cc(Oc2ccc(CS(=O)(=O)N(C)C(=O)O)cc2)n1. The van der Waals surface area contributed by atoms with Crippen molar-refractivity contribution in [3.63, 3.8) is 0 Å². The fourth-order valence-corrected chi connectivity index (χ4v) is 2.99. The molecule has 26 heavy (non-hydrogen) atoms. The van der Waals surface area contributed by atoms with Crippen molar-refractivity contribution in [3.05, 3.63) is 47.4 Å². The van der Waals surface area contributed by atoms with Gasteiger partial charge in [-0.05, 0) is 17.7 Å². The molecule has 0 radical (unpaired) electrons. The molecule has 0 aliphatic rings. The minimum atomic E-state index is -3.97. The van der Waals surface area contributed by atoms with Gasteiger partial charge >= 0.3 is 6.09 Å². The third kappa shape index (κ3) is 4.67. The number of sulfonamides is 1. The third-order valence-electron chi connectivity index (χ3n) is 3.36. The molecule has 1 heterocycles. The highest BCUT2D eigenvalue weighted by Gasteiger charge is 2.23. The molecular formula is C16H16N4O5S. The number of carboxylic acid groups (broad SMARTS) is 1. The summed E-state index contributed by atoms with van der Waals surface area (Å²) in [6.07, 6.45) is -1.01. The summed E-state index contributed by atoms with van der Waals surface area (Å²) < 4.78 is 29.7. The molecule has 10 heteroatoms. The highest BCUT2D eigenvalue weighted by atomic mass is 32.2. The highest BCUT2D eigenvalue weighted by Crippen LogP contribution is 2.22. The van der Waals surface area contributed by atoms with E-state index >= 15 is 0 Å². The summed E-state index contributed by atoms with van der Waals surface area (Å²) in [6.45, 7) is 1.85. The van der Waals surface area contributed by atoms with E-state index in [1.54, 1.807) is 0 Å². The predicted octanol–water partition coefficient (Wildman–Crippen LogP) is 2.14. The van der Waals surface area contributed by atoms with Gasteiger partial charge in [0.1, 0.15) is 23.3 Å². The van der Waals surface area contributed by atoms with Crippen molar-refractivity contribution < 1.29 is 23.1 Å². The largest absolute Gasteiger partial charge is 0.464 e. The molecule has 0 spiro atoms.